The Morgan fingerprint density at radius 2 is 2.08 bits per heavy atom. The van der Waals surface area contributed by atoms with Gasteiger partial charge in [-0.1, -0.05) is 20.8 Å². The van der Waals surface area contributed by atoms with E-state index in [9.17, 15) is 9.59 Å². The summed E-state index contributed by atoms with van der Waals surface area (Å²) >= 11 is 1.67. The molecule has 5 nitrogen and oxygen atoms in total. The summed E-state index contributed by atoms with van der Waals surface area (Å²) in [5.74, 6) is 1.32. The van der Waals surface area contributed by atoms with E-state index in [0.29, 0.717) is 30.6 Å². The highest BCUT2D eigenvalue weighted by atomic mass is 32.1. The molecule has 0 unspecified atom stereocenters. The van der Waals surface area contributed by atoms with Crippen molar-refractivity contribution in [3.63, 3.8) is 0 Å². The van der Waals surface area contributed by atoms with Crippen molar-refractivity contribution in [1.29, 1.82) is 0 Å². The molecule has 6 heteroatoms. The van der Waals surface area contributed by atoms with E-state index in [2.05, 4.69) is 36.1 Å². The monoisotopic (exact) mass is 373 g/mol. The minimum absolute atomic E-state index is 0.0423. The number of fused-ring (bicyclic) bond motifs is 3. The number of thiophene rings is 1. The Bertz CT molecular complexity index is 902. The molecular formula is C20H27N3O2S. The van der Waals surface area contributed by atoms with Gasteiger partial charge in [0.25, 0.3) is 5.56 Å². The Hall–Kier alpha value is -1.69. The molecular weight excluding hydrogens is 346 g/mol. The average Bonchev–Trinajstić information content (AvgIpc) is 3.28. The zero-order valence-corrected chi connectivity index (χ0v) is 16.6. The quantitative estimate of drug-likeness (QED) is 0.863. The minimum atomic E-state index is -0.0423. The molecule has 2 aliphatic carbocycles. The Morgan fingerprint density at radius 3 is 2.77 bits per heavy atom. The molecule has 0 spiro atoms. The Balaban J connectivity index is 1.56. The number of carbonyl (C=O) groups is 1. The molecule has 0 radical (unpaired) electrons. The highest BCUT2D eigenvalue weighted by Gasteiger charge is 2.31. The number of rotatable bonds is 4. The lowest BCUT2D eigenvalue weighted by molar-refractivity contribution is -0.121. The number of nitrogens with zero attached hydrogens (tertiary/aromatic N) is 1. The van der Waals surface area contributed by atoms with Gasteiger partial charge in [0.15, 0.2) is 0 Å². The molecule has 140 valence electrons. The summed E-state index contributed by atoms with van der Waals surface area (Å²) < 4.78 is 0. The van der Waals surface area contributed by atoms with Gasteiger partial charge in [0.05, 0.1) is 5.39 Å². The third-order valence-corrected chi connectivity index (χ3v) is 6.87. The van der Waals surface area contributed by atoms with Gasteiger partial charge >= 0.3 is 0 Å². The van der Waals surface area contributed by atoms with Gasteiger partial charge in [0.2, 0.25) is 5.91 Å². The molecule has 1 fully saturated rings. The summed E-state index contributed by atoms with van der Waals surface area (Å²) in [7, 11) is 0. The standard InChI is InChI=1S/C20H27N3O2S/c1-20(2,3)11-4-7-13-14(10-11)26-19-17(13)18(25)22-15(23-19)8-9-16(24)21-12-5-6-12/h11-12H,4-10H2,1-3H3,(H,21,24)(H,22,23,25)/t11-/m0/s1. The number of amides is 1. The predicted octanol–water partition coefficient (Wildman–Crippen LogP) is 3.35. The van der Waals surface area contributed by atoms with Crippen LogP contribution in [0.5, 0.6) is 0 Å². The molecule has 1 atom stereocenters. The van der Waals surface area contributed by atoms with Crippen molar-refractivity contribution >= 4 is 27.5 Å². The van der Waals surface area contributed by atoms with Crippen molar-refractivity contribution in [2.75, 3.05) is 0 Å². The van der Waals surface area contributed by atoms with Crippen LogP contribution in [0.4, 0.5) is 0 Å². The molecule has 1 saturated carbocycles. The van der Waals surface area contributed by atoms with Crippen LogP contribution in [0, 0.1) is 11.3 Å². The lowest BCUT2D eigenvalue weighted by atomic mass is 9.72. The first-order valence-corrected chi connectivity index (χ1v) is 10.5. The topological polar surface area (TPSA) is 74.8 Å². The van der Waals surface area contributed by atoms with Gasteiger partial charge in [-0.3, -0.25) is 9.59 Å². The Labute approximate surface area is 157 Å². The SMILES string of the molecule is CC(C)(C)[C@H]1CCc2c(sc3nc(CCC(=O)NC4CC4)[nH]c(=O)c23)C1. The van der Waals surface area contributed by atoms with E-state index in [1.54, 1.807) is 11.3 Å². The lowest BCUT2D eigenvalue weighted by Gasteiger charge is -2.33. The summed E-state index contributed by atoms with van der Waals surface area (Å²) in [6, 6.07) is 0.372. The van der Waals surface area contributed by atoms with Crippen LogP contribution in [-0.4, -0.2) is 21.9 Å². The predicted molar refractivity (Wildman–Crippen MR) is 105 cm³/mol. The number of hydrogen-bond acceptors (Lipinski definition) is 4. The number of H-pyrrole nitrogens is 1. The van der Waals surface area contributed by atoms with Crippen LogP contribution in [-0.2, 0) is 24.1 Å². The number of aromatic amines is 1. The zero-order valence-electron chi connectivity index (χ0n) is 15.8. The highest BCUT2D eigenvalue weighted by Crippen LogP contribution is 2.41. The van der Waals surface area contributed by atoms with E-state index < -0.39 is 0 Å². The largest absolute Gasteiger partial charge is 0.353 e. The van der Waals surface area contributed by atoms with Crippen LogP contribution in [0.15, 0.2) is 4.79 Å². The summed E-state index contributed by atoms with van der Waals surface area (Å²) in [5.41, 5.74) is 1.45. The molecule has 0 aromatic carbocycles. The van der Waals surface area contributed by atoms with E-state index >= 15 is 0 Å². The van der Waals surface area contributed by atoms with E-state index in [-0.39, 0.29) is 16.9 Å². The van der Waals surface area contributed by atoms with Crippen LogP contribution in [0.1, 0.15) is 62.7 Å². The van der Waals surface area contributed by atoms with Crippen molar-refractivity contribution in [3.8, 4) is 0 Å². The maximum atomic E-state index is 12.7. The summed E-state index contributed by atoms with van der Waals surface area (Å²) in [6.07, 6.45) is 6.17. The maximum absolute atomic E-state index is 12.7. The van der Waals surface area contributed by atoms with E-state index in [0.717, 1.165) is 42.3 Å². The molecule has 0 bridgehead atoms. The zero-order chi connectivity index (χ0) is 18.5. The van der Waals surface area contributed by atoms with Crippen molar-refractivity contribution in [2.24, 2.45) is 11.3 Å². The van der Waals surface area contributed by atoms with Crippen LogP contribution in [0.2, 0.25) is 0 Å². The van der Waals surface area contributed by atoms with Gasteiger partial charge in [-0.2, -0.15) is 0 Å². The second-order valence-corrected chi connectivity index (χ2v) is 9.93. The number of aromatic nitrogens is 2. The lowest BCUT2D eigenvalue weighted by Crippen LogP contribution is -2.26. The average molecular weight is 374 g/mol. The Morgan fingerprint density at radius 1 is 1.31 bits per heavy atom. The van der Waals surface area contributed by atoms with Crippen molar-refractivity contribution in [2.45, 2.75) is 71.8 Å². The first-order valence-electron chi connectivity index (χ1n) is 9.64. The third kappa shape index (κ3) is 3.56. The smallest absolute Gasteiger partial charge is 0.259 e. The normalized spacial score (nSPS) is 20.2. The molecule has 1 amide bonds. The van der Waals surface area contributed by atoms with Gasteiger partial charge in [-0.05, 0) is 49.0 Å². The van der Waals surface area contributed by atoms with Gasteiger partial charge in [0.1, 0.15) is 10.7 Å². The first-order chi connectivity index (χ1) is 12.3. The molecule has 2 aliphatic rings. The summed E-state index contributed by atoms with van der Waals surface area (Å²) in [5, 5.41) is 3.76. The third-order valence-electron chi connectivity index (χ3n) is 5.72. The highest BCUT2D eigenvalue weighted by molar-refractivity contribution is 7.18. The first kappa shape index (κ1) is 17.7. The molecule has 2 N–H and O–H groups in total. The Kier molecular flexibility index (Phi) is 4.41. The van der Waals surface area contributed by atoms with Crippen LogP contribution < -0.4 is 10.9 Å². The van der Waals surface area contributed by atoms with E-state index in [1.165, 1.54) is 10.4 Å². The molecule has 26 heavy (non-hydrogen) atoms. The van der Waals surface area contributed by atoms with Crippen molar-refractivity contribution in [1.82, 2.24) is 15.3 Å². The number of aryl methyl sites for hydroxylation is 2. The molecule has 0 aliphatic heterocycles. The van der Waals surface area contributed by atoms with Crippen LogP contribution in [0.3, 0.4) is 0 Å². The van der Waals surface area contributed by atoms with Gasteiger partial charge in [-0.15, -0.1) is 11.3 Å². The molecule has 4 rings (SSSR count). The van der Waals surface area contributed by atoms with E-state index in [4.69, 9.17) is 0 Å². The van der Waals surface area contributed by atoms with Crippen molar-refractivity contribution < 1.29 is 4.79 Å². The number of carbonyl (C=O) groups excluding carboxylic acids is 1. The van der Waals surface area contributed by atoms with Gasteiger partial charge in [0, 0.05) is 23.8 Å². The van der Waals surface area contributed by atoms with Crippen molar-refractivity contribution in [3.05, 3.63) is 26.6 Å². The molecule has 2 heterocycles. The minimum Gasteiger partial charge on any atom is -0.353 e. The molecule has 2 aromatic heterocycles. The number of nitrogens with one attached hydrogen (secondary N) is 2. The fourth-order valence-corrected chi connectivity index (χ4v) is 5.16. The van der Waals surface area contributed by atoms with Gasteiger partial charge < -0.3 is 10.3 Å². The second-order valence-electron chi connectivity index (χ2n) is 8.84. The fraction of sp³-hybridized carbons (Fsp3) is 0.650. The maximum Gasteiger partial charge on any atom is 0.259 e. The molecule has 0 saturated heterocycles. The van der Waals surface area contributed by atoms with Gasteiger partial charge in [-0.25, -0.2) is 4.98 Å². The summed E-state index contributed by atoms with van der Waals surface area (Å²) in [6.45, 7) is 6.89. The van der Waals surface area contributed by atoms with Crippen LogP contribution >= 0.6 is 11.3 Å². The number of hydrogen-bond donors (Lipinski definition) is 2. The summed E-state index contributed by atoms with van der Waals surface area (Å²) in [4.78, 5) is 34.3. The fourth-order valence-electron chi connectivity index (χ4n) is 3.85. The van der Waals surface area contributed by atoms with Crippen LogP contribution in [0.25, 0.3) is 10.2 Å². The second kappa shape index (κ2) is 6.48. The van der Waals surface area contributed by atoms with E-state index in [1.807, 2.05) is 0 Å². The molecule has 2 aromatic rings.